The first-order valence-electron chi connectivity index (χ1n) is 7.55. The van der Waals surface area contributed by atoms with E-state index in [4.69, 9.17) is 11.6 Å². The lowest BCUT2D eigenvalue weighted by Crippen LogP contribution is -2.22. The van der Waals surface area contributed by atoms with Crippen LogP contribution in [0.1, 0.15) is 0 Å². The normalized spacial score (nSPS) is 10.5. The van der Waals surface area contributed by atoms with E-state index in [1.165, 1.54) is 35.0 Å². The van der Waals surface area contributed by atoms with Crippen LogP contribution in [0.3, 0.4) is 0 Å². The highest BCUT2D eigenvalue weighted by Gasteiger charge is 2.10. The van der Waals surface area contributed by atoms with Gasteiger partial charge in [-0.3, -0.25) is 14.2 Å². The fourth-order valence-electron chi connectivity index (χ4n) is 2.16. The van der Waals surface area contributed by atoms with E-state index in [2.05, 4.69) is 10.3 Å². The van der Waals surface area contributed by atoms with E-state index in [1.54, 1.807) is 30.5 Å². The molecule has 0 spiro atoms. The Morgan fingerprint density at radius 3 is 2.54 bits per heavy atom. The summed E-state index contributed by atoms with van der Waals surface area (Å²) in [5.74, 6) is -0.692. The van der Waals surface area contributed by atoms with Crippen LogP contribution in [0.2, 0.25) is 5.02 Å². The van der Waals surface area contributed by atoms with E-state index in [0.717, 1.165) is 11.8 Å². The van der Waals surface area contributed by atoms with E-state index in [1.807, 2.05) is 0 Å². The highest BCUT2D eigenvalue weighted by molar-refractivity contribution is 7.99. The maximum atomic E-state index is 12.9. The highest BCUT2D eigenvalue weighted by atomic mass is 35.5. The van der Waals surface area contributed by atoms with Gasteiger partial charge in [0.05, 0.1) is 5.75 Å². The molecule has 0 bridgehead atoms. The van der Waals surface area contributed by atoms with Gasteiger partial charge in [-0.1, -0.05) is 23.4 Å². The molecule has 8 heteroatoms. The van der Waals surface area contributed by atoms with E-state index >= 15 is 0 Å². The molecule has 3 rings (SSSR count). The molecule has 0 aliphatic carbocycles. The molecule has 132 valence electrons. The number of amides is 1. The van der Waals surface area contributed by atoms with E-state index in [9.17, 15) is 14.0 Å². The molecule has 0 aliphatic rings. The van der Waals surface area contributed by atoms with Crippen molar-refractivity contribution in [3.63, 3.8) is 0 Å². The molecule has 1 N–H and O–H groups in total. The molecule has 0 fully saturated rings. The minimum atomic E-state index is -0.381. The standard InChI is InChI=1S/C18H13ClFN3O2S/c19-12-1-7-15(8-2-12)23-10-9-21-17(18(23)25)26-11-16(24)22-14-5-3-13(20)4-6-14/h1-10H,11H2,(H,22,24). The highest BCUT2D eigenvalue weighted by Crippen LogP contribution is 2.15. The van der Waals surface area contributed by atoms with Gasteiger partial charge in [0, 0.05) is 28.8 Å². The number of aromatic nitrogens is 2. The maximum absolute atomic E-state index is 12.9. The molecular weight excluding hydrogens is 377 g/mol. The molecule has 0 saturated heterocycles. The number of benzene rings is 2. The number of thioether (sulfide) groups is 1. The lowest BCUT2D eigenvalue weighted by atomic mass is 10.3. The fraction of sp³-hybridized carbons (Fsp3) is 0.0556. The molecule has 0 atom stereocenters. The Morgan fingerprint density at radius 1 is 1.15 bits per heavy atom. The van der Waals surface area contributed by atoms with Crippen LogP contribution < -0.4 is 10.9 Å². The second-order valence-electron chi connectivity index (χ2n) is 5.23. The molecule has 3 aromatic rings. The summed E-state index contributed by atoms with van der Waals surface area (Å²) in [5.41, 5.74) is 0.811. The average Bonchev–Trinajstić information content (AvgIpc) is 2.64. The lowest BCUT2D eigenvalue weighted by molar-refractivity contribution is -0.113. The third-order valence-corrected chi connectivity index (χ3v) is 4.59. The molecule has 1 aromatic heterocycles. The Kier molecular flexibility index (Phi) is 5.70. The first kappa shape index (κ1) is 18.2. The number of halogens is 2. The zero-order valence-corrected chi connectivity index (χ0v) is 14.9. The molecule has 5 nitrogen and oxygen atoms in total. The number of hydrogen-bond donors (Lipinski definition) is 1. The smallest absolute Gasteiger partial charge is 0.287 e. The zero-order chi connectivity index (χ0) is 18.5. The number of nitrogens with zero attached hydrogens (tertiary/aromatic N) is 2. The number of anilines is 1. The van der Waals surface area contributed by atoms with E-state index < -0.39 is 0 Å². The van der Waals surface area contributed by atoms with Crippen LogP contribution in [0.15, 0.2) is 70.7 Å². The number of rotatable bonds is 5. The fourth-order valence-corrected chi connectivity index (χ4v) is 2.99. The van der Waals surface area contributed by atoms with Crippen LogP contribution >= 0.6 is 23.4 Å². The molecule has 1 amide bonds. The summed E-state index contributed by atoms with van der Waals surface area (Å²) in [7, 11) is 0. The topological polar surface area (TPSA) is 64.0 Å². The Morgan fingerprint density at radius 2 is 1.85 bits per heavy atom. The molecule has 26 heavy (non-hydrogen) atoms. The van der Waals surface area contributed by atoms with Gasteiger partial charge in [-0.15, -0.1) is 0 Å². The summed E-state index contributed by atoms with van der Waals surface area (Å²) in [5, 5.41) is 3.41. The molecule has 0 saturated carbocycles. The van der Waals surface area contributed by atoms with Crippen molar-refractivity contribution in [2.75, 3.05) is 11.1 Å². The number of hydrogen-bond acceptors (Lipinski definition) is 4. The minimum absolute atomic E-state index is 0.00421. The molecule has 0 radical (unpaired) electrons. The van der Waals surface area contributed by atoms with Crippen LogP contribution in [-0.4, -0.2) is 21.2 Å². The SMILES string of the molecule is O=C(CSc1nccn(-c2ccc(Cl)cc2)c1=O)Nc1ccc(F)cc1. The second kappa shape index (κ2) is 8.16. The van der Waals surface area contributed by atoms with E-state index in [0.29, 0.717) is 16.4 Å². The van der Waals surface area contributed by atoms with Gasteiger partial charge in [0.25, 0.3) is 5.56 Å². The largest absolute Gasteiger partial charge is 0.325 e. The van der Waals surface area contributed by atoms with Gasteiger partial charge in [0.2, 0.25) is 5.91 Å². The third kappa shape index (κ3) is 4.50. The summed E-state index contributed by atoms with van der Waals surface area (Å²) in [6, 6.07) is 12.3. The van der Waals surface area contributed by atoms with Gasteiger partial charge >= 0.3 is 0 Å². The van der Waals surface area contributed by atoms with Crippen LogP contribution in [0.5, 0.6) is 0 Å². The van der Waals surface area contributed by atoms with Crippen molar-refractivity contribution in [1.82, 2.24) is 9.55 Å². The number of carbonyl (C=O) groups is 1. The Hall–Kier alpha value is -2.64. The Bertz CT molecular complexity index is 975. The summed E-state index contributed by atoms with van der Waals surface area (Å²) >= 11 is 6.89. The molecule has 2 aromatic carbocycles. The summed E-state index contributed by atoms with van der Waals surface area (Å²) in [4.78, 5) is 28.6. The molecule has 0 aliphatic heterocycles. The third-order valence-electron chi connectivity index (χ3n) is 3.38. The van der Waals surface area contributed by atoms with Crippen LogP contribution in [0.25, 0.3) is 5.69 Å². The van der Waals surface area contributed by atoms with Crippen molar-refractivity contribution >= 4 is 35.0 Å². The van der Waals surface area contributed by atoms with Crippen molar-refractivity contribution in [2.24, 2.45) is 0 Å². The monoisotopic (exact) mass is 389 g/mol. The zero-order valence-electron chi connectivity index (χ0n) is 13.4. The Balaban J connectivity index is 1.69. The van der Waals surface area contributed by atoms with Crippen molar-refractivity contribution < 1.29 is 9.18 Å². The van der Waals surface area contributed by atoms with Crippen LogP contribution in [0, 0.1) is 5.82 Å². The average molecular weight is 390 g/mol. The molecule has 1 heterocycles. The van der Waals surface area contributed by atoms with Crippen LogP contribution in [-0.2, 0) is 4.79 Å². The predicted octanol–water partition coefficient (Wildman–Crippen LogP) is 3.76. The lowest BCUT2D eigenvalue weighted by Gasteiger charge is -2.08. The van der Waals surface area contributed by atoms with E-state index in [-0.39, 0.29) is 28.1 Å². The number of nitrogens with one attached hydrogen (secondary N) is 1. The first-order valence-corrected chi connectivity index (χ1v) is 8.91. The van der Waals surface area contributed by atoms with Gasteiger partial charge < -0.3 is 5.32 Å². The molecular formula is C18H13ClFN3O2S. The van der Waals surface area contributed by atoms with Gasteiger partial charge in [-0.25, -0.2) is 9.37 Å². The van der Waals surface area contributed by atoms with Gasteiger partial charge in [-0.2, -0.15) is 0 Å². The van der Waals surface area contributed by atoms with Gasteiger partial charge in [-0.05, 0) is 48.5 Å². The minimum Gasteiger partial charge on any atom is -0.325 e. The molecule has 0 unspecified atom stereocenters. The quantitative estimate of drug-likeness (QED) is 0.675. The summed E-state index contributed by atoms with van der Waals surface area (Å²) in [6.07, 6.45) is 3.05. The maximum Gasteiger partial charge on any atom is 0.287 e. The van der Waals surface area contributed by atoms with Crippen molar-refractivity contribution in [3.8, 4) is 5.69 Å². The Labute approximate surface area is 157 Å². The predicted molar refractivity (Wildman–Crippen MR) is 101 cm³/mol. The number of carbonyl (C=O) groups excluding carboxylic acids is 1. The first-order chi connectivity index (χ1) is 12.5. The van der Waals surface area contributed by atoms with Crippen LogP contribution in [0.4, 0.5) is 10.1 Å². The van der Waals surface area contributed by atoms with Crippen molar-refractivity contribution in [2.45, 2.75) is 5.03 Å². The van der Waals surface area contributed by atoms with Crippen molar-refractivity contribution in [1.29, 1.82) is 0 Å². The summed E-state index contributed by atoms with van der Waals surface area (Å²) in [6.45, 7) is 0. The van der Waals surface area contributed by atoms with Gasteiger partial charge in [0.1, 0.15) is 5.82 Å². The second-order valence-corrected chi connectivity index (χ2v) is 6.63. The van der Waals surface area contributed by atoms with Crippen molar-refractivity contribution in [3.05, 3.63) is 82.1 Å². The van der Waals surface area contributed by atoms with Gasteiger partial charge in [0.15, 0.2) is 5.03 Å². The summed E-state index contributed by atoms with van der Waals surface area (Å²) < 4.78 is 14.3.